The minimum atomic E-state index is -1.31. The first-order valence-corrected chi connectivity index (χ1v) is 13.0. The van der Waals surface area contributed by atoms with Crippen LogP contribution in [0.4, 0.5) is 0 Å². The van der Waals surface area contributed by atoms with Crippen LogP contribution in [0.1, 0.15) is 61.4 Å². The molecule has 0 amide bonds. The lowest BCUT2D eigenvalue weighted by molar-refractivity contribution is -0.161. The van der Waals surface area contributed by atoms with Gasteiger partial charge in [0.05, 0.1) is 11.3 Å². The fourth-order valence-electron chi connectivity index (χ4n) is 4.84. The molecule has 0 fully saturated rings. The average Bonchev–Trinajstić information content (AvgIpc) is 2.87. The molecule has 2 aromatic heterocycles. The summed E-state index contributed by atoms with van der Waals surface area (Å²) in [6, 6.07) is 17.9. The molecule has 6 nitrogen and oxygen atoms in total. The third-order valence-corrected chi connectivity index (χ3v) is 6.87. The molecule has 0 aliphatic heterocycles. The molecule has 1 unspecified atom stereocenters. The molecule has 4 aromatic rings. The van der Waals surface area contributed by atoms with Crippen molar-refractivity contribution in [2.24, 2.45) is 7.05 Å². The highest BCUT2D eigenvalue weighted by atomic mass is 16.5. The van der Waals surface area contributed by atoms with Crippen molar-refractivity contribution in [1.29, 1.82) is 0 Å². The molecule has 2 aromatic carbocycles. The number of carboxylic acids is 1. The van der Waals surface area contributed by atoms with Gasteiger partial charge in [0.1, 0.15) is 0 Å². The lowest BCUT2D eigenvalue weighted by atomic mass is 9.91. The number of aromatic nitrogens is 2. The molecule has 6 heteroatoms. The van der Waals surface area contributed by atoms with Crippen LogP contribution in [-0.2, 0) is 29.4 Å². The van der Waals surface area contributed by atoms with Crippen LogP contribution in [0.2, 0.25) is 0 Å². The number of fused-ring (bicyclic) bond motifs is 1. The molecule has 1 atom stereocenters. The van der Waals surface area contributed by atoms with Gasteiger partial charge >= 0.3 is 5.97 Å². The molecule has 0 radical (unpaired) electrons. The van der Waals surface area contributed by atoms with Crippen LogP contribution in [0, 0.1) is 13.8 Å². The second-order valence-electron chi connectivity index (χ2n) is 10.9. The molecular weight excluding hydrogens is 476 g/mol. The first kappa shape index (κ1) is 27.3. The third-order valence-electron chi connectivity index (χ3n) is 6.87. The van der Waals surface area contributed by atoms with E-state index < -0.39 is 17.7 Å². The Morgan fingerprint density at radius 2 is 1.76 bits per heavy atom. The van der Waals surface area contributed by atoms with Gasteiger partial charge in [-0.3, -0.25) is 9.78 Å². The number of rotatable bonds is 8. The molecule has 0 spiro atoms. The Bertz CT molecular complexity index is 1530. The van der Waals surface area contributed by atoms with Crippen LogP contribution in [-0.4, -0.2) is 26.2 Å². The quantitative estimate of drug-likeness (QED) is 0.298. The maximum atomic E-state index is 13.7. The van der Waals surface area contributed by atoms with Gasteiger partial charge in [0.15, 0.2) is 6.10 Å². The van der Waals surface area contributed by atoms with Crippen molar-refractivity contribution < 1.29 is 14.6 Å². The molecule has 0 aliphatic carbocycles. The van der Waals surface area contributed by atoms with E-state index in [2.05, 4.69) is 11.1 Å². The number of aliphatic carboxylic acids is 1. The molecule has 4 rings (SSSR count). The number of pyridine rings is 2. The molecule has 198 valence electrons. The minimum absolute atomic E-state index is 0.238. The fraction of sp³-hybridized carbons (Fsp3) is 0.344. The van der Waals surface area contributed by atoms with Crippen molar-refractivity contribution in [2.75, 3.05) is 0 Å². The maximum Gasteiger partial charge on any atom is 0.339 e. The predicted octanol–water partition coefficient (Wildman–Crippen LogP) is 6.33. The lowest BCUT2D eigenvalue weighted by Gasteiger charge is -2.28. The molecule has 0 aliphatic rings. The van der Waals surface area contributed by atoms with Crippen LogP contribution in [0.25, 0.3) is 21.9 Å². The lowest BCUT2D eigenvalue weighted by Crippen LogP contribution is -2.33. The van der Waals surface area contributed by atoms with E-state index in [0.717, 1.165) is 52.6 Å². The summed E-state index contributed by atoms with van der Waals surface area (Å²) in [5, 5.41) is 11.5. The van der Waals surface area contributed by atoms with E-state index in [-0.39, 0.29) is 5.56 Å². The minimum Gasteiger partial charge on any atom is -0.479 e. The highest BCUT2D eigenvalue weighted by molar-refractivity contribution is 5.99. The maximum absolute atomic E-state index is 13.7. The highest BCUT2D eigenvalue weighted by Crippen LogP contribution is 2.37. The number of nitrogens with zero attached hydrogens (tertiary/aromatic N) is 2. The summed E-state index contributed by atoms with van der Waals surface area (Å²) in [6.45, 7) is 9.51. The van der Waals surface area contributed by atoms with E-state index in [1.54, 1.807) is 13.2 Å². The SMILES string of the molecule is Cc1ccc(-c2c(C(OC(C)(C)C)C(=O)O)n(C)c(=O)c3cc(CCCc4ccccn4)ccc23)cc1C. The summed E-state index contributed by atoms with van der Waals surface area (Å²) in [5.74, 6) is -1.13. The first-order valence-electron chi connectivity index (χ1n) is 13.0. The number of aryl methyl sites for hydroxylation is 4. The molecule has 0 saturated heterocycles. The third kappa shape index (κ3) is 5.86. The second kappa shape index (κ2) is 10.9. The van der Waals surface area contributed by atoms with Gasteiger partial charge in [-0.25, -0.2) is 4.79 Å². The zero-order valence-electron chi connectivity index (χ0n) is 23.0. The Balaban J connectivity index is 1.89. The zero-order chi connectivity index (χ0) is 27.6. The van der Waals surface area contributed by atoms with Crippen molar-refractivity contribution in [3.8, 4) is 11.1 Å². The van der Waals surface area contributed by atoms with Crippen molar-refractivity contribution in [3.05, 3.63) is 99.2 Å². The van der Waals surface area contributed by atoms with E-state index in [9.17, 15) is 14.7 Å². The van der Waals surface area contributed by atoms with Gasteiger partial charge in [0.25, 0.3) is 5.56 Å². The molecule has 38 heavy (non-hydrogen) atoms. The Hall–Kier alpha value is -3.77. The Morgan fingerprint density at radius 1 is 1.00 bits per heavy atom. The number of carboxylic acid groups (broad SMARTS) is 1. The van der Waals surface area contributed by atoms with Crippen molar-refractivity contribution >= 4 is 16.7 Å². The molecule has 0 saturated carbocycles. The number of hydrogen-bond donors (Lipinski definition) is 1. The van der Waals surface area contributed by atoms with Gasteiger partial charge in [0.2, 0.25) is 0 Å². The average molecular weight is 513 g/mol. The predicted molar refractivity (Wildman–Crippen MR) is 152 cm³/mol. The summed E-state index contributed by atoms with van der Waals surface area (Å²) in [5.41, 5.74) is 5.28. The topological polar surface area (TPSA) is 81.4 Å². The van der Waals surface area contributed by atoms with E-state index in [1.807, 2.05) is 83.1 Å². The standard InChI is InChI=1S/C32H36N2O4/c1-20-13-15-23(18-21(20)2)27-25-16-14-22(10-9-12-24-11-7-8-17-33-24)19-26(25)30(35)34(6)28(27)29(31(36)37)38-32(3,4)5/h7-8,11,13-19,29H,9-10,12H2,1-6H3,(H,36,37). The van der Waals surface area contributed by atoms with Crippen molar-refractivity contribution in [1.82, 2.24) is 9.55 Å². The fourth-order valence-corrected chi connectivity index (χ4v) is 4.84. The van der Waals surface area contributed by atoms with Crippen molar-refractivity contribution in [2.45, 2.75) is 65.6 Å². The number of benzene rings is 2. The molecule has 2 heterocycles. The number of ether oxygens (including phenoxy) is 1. The summed E-state index contributed by atoms with van der Waals surface area (Å²) in [6.07, 6.45) is 3.06. The van der Waals surface area contributed by atoms with Crippen LogP contribution in [0.15, 0.2) is 65.6 Å². The largest absolute Gasteiger partial charge is 0.479 e. The molecule has 1 N–H and O–H groups in total. The Labute approximate surface area is 223 Å². The summed E-state index contributed by atoms with van der Waals surface area (Å²) in [7, 11) is 1.64. The molecular formula is C32H36N2O4. The Kier molecular flexibility index (Phi) is 7.83. The van der Waals surface area contributed by atoms with E-state index >= 15 is 0 Å². The van der Waals surface area contributed by atoms with E-state index in [1.165, 1.54) is 4.57 Å². The van der Waals surface area contributed by atoms with Gasteiger partial charge in [-0.2, -0.15) is 0 Å². The zero-order valence-corrected chi connectivity index (χ0v) is 23.0. The van der Waals surface area contributed by atoms with Crippen molar-refractivity contribution in [3.63, 3.8) is 0 Å². The Morgan fingerprint density at radius 3 is 2.39 bits per heavy atom. The van der Waals surface area contributed by atoms with Gasteiger partial charge in [-0.05, 0) is 99.7 Å². The van der Waals surface area contributed by atoms with Gasteiger partial charge < -0.3 is 14.4 Å². The van der Waals surface area contributed by atoms with Crippen LogP contribution in [0.3, 0.4) is 0 Å². The van der Waals surface area contributed by atoms with Crippen LogP contribution < -0.4 is 5.56 Å². The summed E-state index contributed by atoms with van der Waals surface area (Å²) >= 11 is 0. The van der Waals surface area contributed by atoms with E-state index in [4.69, 9.17) is 4.74 Å². The van der Waals surface area contributed by atoms with Gasteiger partial charge in [-0.15, -0.1) is 0 Å². The summed E-state index contributed by atoms with van der Waals surface area (Å²) < 4.78 is 7.49. The summed E-state index contributed by atoms with van der Waals surface area (Å²) in [4.78, 5) is 30.6. The van der Waals surface area contributed by atoms with Crippen LogP contribution in [0.5, 0.6) is 0 Å². The molecule has 0 bridgehead atoms. The first-order chi connectivity index (χ1) is 18.0. The van der Waals surface area contributed by atoms with Crippen LogP contribution >= 0.6 is 0 Å². The number of carbonyl (C=O) groups is 1. The van der Waals surface area contributed by atoms with Gasteiger partial charge in [-0.1, -0.05) is 36.4 Å². The highest BCUT2D eigenvalue weighted by Gasteiger charge is 2.33. The van der Waals surface area contributed by atoms with Gasteiger partial charge in [0, 0.05) is 29.9 Å². The normalized spacial score (nSPS) is 12.6. The van der Waals surface area contributed by atoms with E-state index in [0.29, 0.717) is 16.6 Å². The second-order valence-corrected chi connectivity index (χ2v) is 10.9. The number of hydrogen-bond acceptors (Lipinski definition) is 4. The monoisotopic (exact) mass is 512 g/mol. The smallest absolute Gasteiger partial charge is 0.339 e.